The summed E-state index contributed by atoms with van der Waals surface area (Å²) >= 11 is 0. The molecule has 35 heavy (non-hydrogen) atoms. The number of methoxy groups -OCH3 is 1. The van der Waals surface area contributed by atoms with Crippen molar-refractivity contribution in [2.24, 2.45) is 11.8 Å². The van der Waals surface area contributed by atoms with Gasteiger partial charge in [0.25, 0.3) is 0 Å². The molecular formula is C28H35NO6. The van der Waals surface area contributed by atoms with Gasteiger partial charge >= 0.3 is 0 Å². The van der Waals surface area contributed by atoms with E-state index in [4.69, 9.17) is 18.9 Å². The Morgan fingerprint density at radius 3 is 2.57 bits per heavy atom. The molecule has 0 amide bonds. The van der Waals surface area contributed by atoms with Crippen LogP contribution in [0.15, 0.2) is 42.5 Å². The number of carbonyl (C=O) groups is 1. The topological polar surface area (TPSA) is 77.5 Å². The van der Waals surface area contributed by atoms with Gasteiger partial charge in [0.1, 0.15) is 30.5 Å². The monoisotopic (exact) mass is 481 g/mol. The smallest absolute Gasteiger partial charge is 0.161 e. The first-order valence-electron chi connectivity index (χ1n) is 12.7. The van der Waals surface area contributed by atoms with Crippen molar-refractivity contribution in [1.29, 1.82) is 0 Å². The van der Waals surface area contributed by atoms with Crippen molar-refractivity contribution in [3.8, 4) is 23.0 Å². The molecule has 1 saturated carbocycles. The predicted octanol–water partition coefficient (Wildman–Crippen LogP) is 4.03. The summed E-state index contributed by atoms with van der Waals surface area (Å²) in [6, 6.07) is 13.5. The second kappa shape index (κ2) is 10.9. The number of nitrogens with zero attached hydrogens (tertiary/aromatic N) is 1. The highest BCUT2D eigenvalue weighted by Crippen LogP contribution is 2.40. The number of aliphatic hydroxyl groups is 1. The number of hydrogen-bond acceptors (Lipinski definition) is 7. The van der Waals surface area contributed by atoms with Gasteiger partial charge in [-0.2, -0.15) is 0 Å². The molecule has 188 valence electrons. The number of carbonyl (C=O) groups excluding carboxylic acids is 1. The van der Waals surface area contributed by atoms with Crippen LogP contribution in [0.2, 0.25) is 0 Å². The van der Waals surface area contributed by atoms with Gasteiger partial charge in [0.05, 0.1) is 19.8 Å². The molecule has 2 aromatic carbocycles. The Morgan fingerprint density at radius 2 is 1.86 bits per heavy atom. The maximum absolute atomic E-state index is 13.0. The minimum absolute atomic E-state index is 0.101. The van der Waals surface area contributed by atoms with E-state index in [1.54, 1.807) is 7.11 Å². The molecule has 5 rings (SSSR count). The first-order valence-corrected chi connectivity index (χ1v) is 12.7. The molecule has 0 aromatic heterocycles. The Hall–Kier alpha value is -2.77. The van der Waals surface area contributed by atoms with Crippen LogP contribution < -0.4 is 18.9 Å². The lowest BCUT2D eigenvalue weighted by atomic mass is 9.89. The zero-order valence-electron chi connectivity index (χ0n) is 20.4. The predicted molar refractivity (Wildman–Crippen MR) is 131 cm³/mol. The number of rotatable bonds is 11. The molecule has 1 saturated heterocycles. The lowest BCUT2D eigenvalue weighted by molar-refractivity contribution is -0.121. The standard InChI is InChI=1S/C28H35NO6/c1-32-24-5-7-25(8-6-24)33-11-10-23(30)15-21(18-29-17-19-2-4-22(29)14-19)28(31)20-3-9-26-27(16-20)35-13-12-34-26/h3,5-9,16,19,21-22,28,31H,2,4,10-15,17-18H2,1H3/t19-,21-,22+,28-/m1/s1. The second-order valence-electron chi connectivity index (χ2n) is 9.91. The molecule has 0 radical (unpaired) electrons. The van der Waals surface area contributed by atoms with Crippen LogP contribution in [0.3, 0.4) is 0 Å². The van der Waals surface area contributed by atoms with Gasteiger partial charge in [-0.25, -0.2) is 0 Å². The van der Waals surface area contributed by atoms with Crippen LogP contribution in [0.5, 0.6) is 23.0 Å². The van der Waals surface area contributed by atoms with Gasteiger partial charge in [-0.3, -0.25) is 9.69 Å². The molecule has 4 atom stereocenters. The summed E-state index contributed by atoms with van der Waals surface area (Å²) in [4.78, 5) is 15.5. The van der Waals surface area contributed by atoms with Gasteiger partial charge < -0.3 is 24.1 Å². The zero-order chi connectivity index (χ0) is 24.2. The molecule has 2 heterocycles. The summed E-state index contributed by atoms with van der Waals surface area (Å²) < 4.78 is 22.3. The molecule has 3 aliphatic rings. The number of likely N-dealkylation sites (tertiary alicyclic amines) is 1. The molecule has 1 N–H and O–H groups in total. The van der Waals surface area contributed by atoms with E-state index >= 15 is 0 Å². The number of ether oxygens (including phenoxy) is 4. The van der Waals surface area contributed by atoms with E-state index in [0.29, 0.717) is 56.0 Å². The molecule has 1 aliphatic carbocycles. The summed E-state index contributed by atoms with van der Waals surface area (Å²) in [5.41, 5.74) is 0.769. The largest absolute Gasteiger partial charge is 0.497 e. The number of hydrogen-bond donors (Lipinski definition) is 1. The van der Waals surface area contributed by atoms with E-state index in [9.17, 15) is 9.90 Å². The zero-order valence-corrected chi connectivity index (χ0v) is 20.4. The highest BCUT2D eigenvalue weighted by molar-refractivity contribution is 5.78. The molecule has 0 spiro atoms. The highest BCUT2D eigenvalue weighted by Gasteiger charge is 2.39. The number of piperidine rings is 1. The summed E-state index contributed by atoms with van der Waals surface area (Å²) in [6.45, 7) is 3.14. The van der Waals surface area contributed by atoms with Crippen LogP contribution in [0.4, 0.5) is 0 Å². The summed E-state index contributed by atoms with van der Waals surface area (Å²) in [6.07, 6.45) is 3.64. The van der Waals surface area contributed by atoms with Crippen molar-refractivity contribution in [2.45, 2.75) is 44.2 Å². The summed E-state index contributed by atoms with van der Waals surface area (Å²) in [5.74, 6) is 3.51. The fourth-order valence-corrected chi connectivity index (χ4v) is 5.69. The van der Waals surface area contributed by atoms with Gasteiger partial charge in [-0.05, 0) is 67.1 Å². The molecule has 2 aliphatic heterocycles. The van der Waals surface area contributed by atoms with Crippen LogP contribution >= 0.6 is 0 Å². The van der Waals surface area contributed by atoms with Gasteiger partial charge in [-0.1, -0.05) is 6.07 Å². The lowest BCUT2D eigenvalue weighted by Crippen LogP contribution is -2.38. The Labute approximate surface area is 206 Å². The van der Waals surface area contributed by atoms with Crippen molar-refractivity contribution >= 4 is 5.78 Å². The van der Waals surface area contributed by atoms with E-state index in [1.165, 1.54) is 19.3 Å². The fraction of sp³-hybridized carbons (Fsp3) is 0.536. The Balaban J connectivity index is 1.22. The molecule has 2 bridgehead atoms. The van der Waals surface area contributed by atoms with Crippen molar-refractivity contribution in [1.82, 2.24) is 4.90 Å². The minimum Gasteiger partial charge on any atom is -0.497 e. The van der Waals surface area contributed by atoms with Gasteiger partial charge in [-0.15, -0.1) is 0 Å². The third-order valence-electron chi connectivity index (χ3n) is 7.54. The number of ketones is 1. The molecule has 2 fully saturated rings. The average Bonchev–Trinajstić information content (AvgIpc) is 3.51. The molecule has 7 nitrogen and oxygen atoms in total. The van der Waals surface area contributed by atoms with E-state index in [0.717, 1.165) is 30.3 Å². The van der Waals surface area contributed by atoms with E-state index in [2.05, 4.69) is 4.90 Å². The fourth-order valence-electron chi connectivity index (χ4n) is 5.69. The maximum Gasteiger partial charge on any atom is 0.161 e. The average molecular weight is 482 g/mol. The third kappa shape index (κ3) is 5.73. The van der Waals surface area contributed by atoms with Gasteiger partial charge in [0, 0.05) is 37.9 Å². The van der Waals surface area contributed by atoms with Crippen LogP contribution in [-0.4, -0.2) is 61.9 Å². The van der Waals surface area contributed by atoms with E-state index in [1.807, 2.05) is 42.5 Å². The van der Waals surface area contributed by atoms with Gasteiger partial charge in [0.15, 0.2) is 11.5 Å². The first-order chi connectivity index (χ1) is 17.1. The second-order valence-corrected chi connectivity index (χ2v) is 9.91. The number of Topliss-reactive ketones (excluding diaryl/α,β-unsaturated/α-hetero) is 1. The molecule has 2 aromatic rings. The Bertz CT molecular complexity index is 1010. The summed E-state index contributed by atoms with van der Waals surface area (Å²) in [5, 5.41) is 11.4. The Kier molecular flexibility index (Phi) is 7.44. The lowest BCUT2D eigenvalue weighted by Gasteiger charge is -2.33. The van der Waals surface area contributed by atoms with Gasteiger partial charge in [0.2, 0.25) is 0 Å². The Morgan fingerprint density at radius 1 is 1.09 bits per heavy atom. The van der Waals surface area contributed by atoms with Crippen molar-refractivity contribution in [3.05, 3.63) is 48.0 Å². The highest BCUT2D eigenvalue weighted by atomic mass is 16.6. The quantitative estimate of drug-likeness (QED) is 0.519. The summed E-state index contributed by atoms with van der Waals surface area (Å²) in [7, 11) is 1.62. The number of aliphatic hydroxyl groups excluding tert-OH is 1. The molecular weight excluding hydrogens is 446 g/mol. The molecule has 7 heteroatoms. The number of fused-ring (bicyclic) bond motifs is 3. The van der Waals surface area contributed by atoms with Crippen molar-refractivity contribution in [2.75, 3.05) is 40.0 Å². The normalized spacial score (nSPS) is 22.6. The van der Waals surface area contributed by atoms with Crippen molar-refractivity contribution in [3.63, 3.8) is 0 Å². The van der Waals surface area contributed by atoms with Crippen LogP contribution in [0.1, 0.15) is 43.8 Å². The molecule has 0 unspecified atom stereocenters. The van der Waals surface area contributed by atoms with Crippen LogP contribution in [0, 0.1) is 11.8 Å². The van der Waals surface area contributed by atoms with Crippen LogP contribution in [0.25, 0.3) is 0 Å². The number of benzene rings is 2. The minimum atomic E-state index is -0.753. The van der Waals surface area contributed by atoms with E-state index in [-0.39, 0.29) is 11.7 Å². The van der Waals surface area contributed by atoms with E-state index < -0.39 is 6.10 Å². The third-order valence-corrected chi connectivity index (χ3v) is 7.54. The van der Waals surface area contributed by atoms with Crippen LogP contribution in [-0.2, 0) is 4.79 Å². The first kappa shape index (κ1) is 23.9. The maximum atomic E-state index is 13.0. The SMILES string of the molecule is COc1ccc(OCCC(=O)C[C@H](CN2C[C@@H]3CC[C@H]2C3)[C@H](O)c2ccc3c(c2)OCCO3)cc1. The van der Waals surface area contributed by atoms with Crippen molar-refractivity contribution < 1.29 is 28.8 Å².